The van der Waals surface area contributed by atoms with Crippen LogP contribution in [-0.2, 0) is 11.2 Å². The van der Waals surface area contributed by atoms with Gasteiger partial charge in [0.1, 0.15) is 6.04 Å². The van der Waals surface area contributed by atoms with Gasteiger partial charge >= 0.3 is 0 Å². The van der Waals surface area contributed by atoms with Crippen molar-refractivity contribution in [2.45, 2.75) is 26.3 Å². The number of amides is 2. The number of halogens is 3. The summed E-state index contributed by atoms with van der Waals surface area (Å²) in [4.78, 5) is 25.0. The van der Waals surface area contributed by atoms with Gasteiger partial charge in [0.15, 0.2) is 0 Å². The summed E-state index contributed by atoms with van der Waals surface area (Å²) in [6.07, 6.45) is 0.561. The summed E-state index contributed by atoms with van der Waals surface area (Å²) in [5.41, 5.74) is 1.23. The minimum atomic E-state index is -0.672. The first kappa shape index (κ1) is 21.5. The number of nitrogens with one attached hydrogen (secondary N) is 2. The van der Waals surface area contributed by atoms with E-state index in [-0.39, 0.29) is 17.7 Å². The molecular weight excluding hydrogens is 407 g/mol. The normalized spacial score (nSPS) is 11.9. The molecule has 0 aromatic heterocycles. The fourth-order valence-corrected chi connectivity index (χ4v) is 3.28. The number of carbonyl (C=O) groups excluding carboxylic acids is 2. The Hall–Kier alpha value is -1.75. The monoisotopic (exact) mass is 426 g/mol. The van der Waals surface area contributed by atoms with E-state index in [1.165, 1.54) is 0 Å². The summed E-state index contributed by atoms with van der Waals surface area (Å²) in [6, 6.07) is 11.3. The largest absolute Gasteiger partial charge is 0.354 e. The smallest absolute Gasteiger partial charge is 0.253 e. The Morgan fingerprint density at radius 1 is 1.00 bits per heavy atom. The SMILES string of the molecule is CC(C)C(NC(=O)c1ccccc1Cl)C(=O)NCCc1ccc(Cl)cc1Cl. The molecule has 144 valence electrons. The molecule has 0 spiro atoms. The van der Waals surface area contributed by atoms with Crippen molar-refractivity contribution >= 4 is 46.6 Å². The zero-order valence-corrected chi connectivity index (χ0v) is 17.3. The molecule has 4 nitrogen and oxygen atoms in total. The molecule has 0 saturated carbocycles. The van der Waals surface area contributed by atoms with E-state index in [1.807, 2.05) is 19.9 Å². The summed E-state index contributed by atoms with van der Waals surface area (Å²) in [6.45, 7) is 4.13. The Kier molecular flexibility index (Phi) is 7.96. The first-order valence-corrected chi connectivity index (χ1v) is 9.70. The molecule has 0 aliphatic rings. The van der Waals surface area contributed by atoms with E-state index in [0.29, 0.717) is 33.6 Å². The van der Waals surface area contributed by atoms with Crippen LogP contribution in [0.2, 0.25) is 15.1 Å². The van der Waals surface area contributed by atoms with Crippen LogP contribution in [0.1, 0.15) is 29.8 Å². The fourth-order valence-electron chi connectivity index (χ4n) is 2.55. The number of carbonyl (C=O) groups is 2. The molecule has 2 rings (SSSR count). The molecule has 1 atom stereocenters. The van der Waals surface area contributed by atoms with Crippen LogP contribution in [0.3, 0.4) is 0 Å². The van der Waals surface area contributed by atoms with Crippen molar-refractivity contribution in [1.29, 1.82) is 0 Å². The van der Waals surface area contributed by atoms with Crippen molar-refractivity contribution in [3.05, 3.63) is 68.7 Å². The lowest BCUT2D eigenvalue weighted by Gasteiger charge is -2.22. The van der Waals surface area contributed by atoms with E-state index in [9.17, 15) is 9.59 Å². The molecule has 2 aromatic rings. The molecular formula is C20H21Cl3N2O2. The molecule has 7 heteroatoms. The van der Waals surface area contributed by atoms with Gasteiger partial charge in [0.25, 0.3) is 5.91 Å². The van der Waals surface area contributed by atoms with E-state index in [0.717, 1.165) is 5.56 Å². The highest BCUT2D eigenvalue weighted by Crippen LogP contribution is 2.21. The van der Waals surface area contributed by atoms with Crippen LogP contribution in [0, 0.1) is 5.92 Å². The third kappa shape index (κ3) is 6.13. The van der Waals surface area contributed by atoms with E-state index < -0.39 is 6.04 Å². The Labute approximate surface area is 174 Å². The van der Waals surface area contributed by atoms with E-state index >= 15 is 0 Å². The lowest BCUT2D eigenvalue weighted by molar-refractivity contribution is -0.123. The van der Waals surface area contributed by atoms with Gasteiger partial charge in [-0.2, -0.15) is 0 Å². The average molecular weight is 428 g/mol. The quantitative estimate of drug-likeness (QED) is 0.669. The summed E-state index contributed by atoms with van der Waals surface area (Å²) in [5.74, 6) is -0.721. The second kappa shape index (κ2) is 9.98. The molecule has 0 heterocycles. The zero-order chi connectivity index (χ0) is 20.0. The predicted octanol–water partition coefficient (Wildman–Crippen LogP) is 4.76. The van der Waals surface area contributed by atoms with Gasteiger partial charge in [0.05, 0.1) is 10.6 Å². The van der Waals surface area contributed by atoms with Gasteiger partial charge in [0, 0.05) is 16.6 Å². The van der Waals surface area contributed by atoms with Crippen LogP contribution in [0.4, 0.5) is 0 Å². The van der Waals surface area contributed by atoms with Gasteiger partial charge in [-0.3, -0.25) is 9.59 Å². The summed E-state index contributed by atoms with van der Waals surface area (Å²) in [7, 11) is 0. The lowest BCUT2D eigenvalue weighted by Crippen LogP contribution is -2.50. The Morgan fingerprint density at radius 2 is 1.70 bits per heavy atom. The molecule has 2 N–H and O–H groups in total. The van der Waals surface area contributed by atoms with E-state index in [2.05, 4.69) is 10.6 Å². The third-order valence-corrected chi connectivity index (χ3v) is 4.98. The zero-order valence-electron chi connectivity index (χ0n) is 15.1. The van der Waals surface area contributed by atoms with Crippen molar-refractivity contribution in [2.24, 2.45) is 5.92 Å². The second-order valence-electron chi connectivity index (χ2n) is 6.45. The average Bonchev–Trinajstić information content (AvgIpc) is 2.61. The van der Waals surface area contributed by atoms with Crippen LogP contribution in [-0.4, -0.2) is 24.4 Å². The Balaban J connectivity index is 1.96. The Bertz CT molecular complexity index is 825. The maximum Gasteiger partial charge on any atom is 0.253 e. The molecule has 0 aliphatic carbocycles. The van der Waals surface area contributed by atoms with E-state index in [4.69, 9.17) is 34.8 Å². The van der Waals surface area contributed by atoms with Gasteiger partial charge in [-0.25, -0.2) is 0 Å². The van der Waals surface area contributed by atoms with Gasteiger partial charge in [-0.05, 0) is 42.2 Å². The molecule has 0 radical (unpaired) electrons. The maximum atomic E-state index is 12.6. The van der Waals surface area contributed by atoms with Gasteiger partial charge in [0.2, 0.25) is 5.91 Å². The van der Waals surface area contributed by atoms with Gasteiger partial charge in [-0.1, -0.05) is 66.8 Å². The molecule has 2 amide bonds. The third-order valence-electron chi connectivity index (χ3n) is 4.06. The number of hydrogen-bond acceptors (Lipinski definition) is 2. The standard InChI is InChI=1S/C20H21Cl3N2O2/c1-12(2)18(25-19(26)15-5-3-4-6-16(15)22)20(27)24-10-9-13-7-8-14(21)11-17(13)23/h3-8,11-12,18H,9-10H2,1-2H3,(H,24,27)(H,25,26). The topological polar surface area (TPSA) is 58.2 Å². The Morgan fingerprint density at radius 3 is 2.33 bits per heavy atom. The molecule has 27 heavy (non-hydrogen) atoms. The van der Waals surface area contributed by atoms with Crippen LogP contribution in [0.15, 0.2) is 42.5 Å². The van der Waals surface area contributed by atoms with Gasteiger partial charge < -0.3 is 10.6 Å². The number of hydrogen-bond donors (Lipinski definition) is 2. The molecule has 0 saturated heterocycles. The highest BCUT2D eigenvalue weighted by molar-refractivity contribution is 6.35. The summed E-state index contributed by atoms with van der Waals surface area (Å²) >= 11 is 18.1. The van der Waals surface area contributed by atoms with Crippen LogP contribution < -0.4 is 10.6 Å². The maximum absolute atomic E-state index is 12.6. The van der Waals surface area contributed by atoms with Crippen molar-refractivity contribution in [3.63, 3.8) is 0 Å². The van der Waals surface area contributed by atoms with Crippen molar-refractivity contribution in [2.75, 3.05) is 6.54 Å². The fraction of sp³-hybridized carbons (Fsp3) is 0.300. The number of benzene rings is 2. The van der Waals surface area contributed by atoms with Crippen molar-refractivity contribution < 1.29 is 9.59 Å². The minimum Gasteiger partial charge on any atom is -0.354 e. The molecule has 2 aromatic carbocycles. The van der Waals surface area contributed by atoms with Crippen LogP contribution in [0.25, 0.3) is 0 Å². The van der Waals surface area contributed by atoms with Crippen LogP contribution in [0.5, 0.6) is 0 Å². The van der Waals surface area contributed by atoms with Crippen LogP contribution >= 0.6 is 34.8 Å². The predicted molar refractivity (Wildman–Crippen MR) is 111 cm³/mol. The summed E-state index contributed by atoms with van der Waals surface area (Å²) < 4.78 is 0. The van der Waals surface area contributed by atoms with Crippen molar-refractivity contribution in [1.82, 2.24) is 10.6 Å². The lowest BCUT2D eigenvalue weighted by atomic mass is 10.0. The first-order valence-electron chi connectivity index (χ1n) is 8.56. The van der Waals surface area contributed by atoms with Gasteiger partial charge in [-0.15, -0.1) is 0 Å². The first-order chi connectivity index (χ1) is 12.8. The molecule has 0 fully saturated rings. The molecule has 0 aliphatic heterocycles. The second-order valence-corrected chi connectivity index (χ2v) is 7.70. The van der Waals surface area contributed by atoms with Crippen molar-refractivity contribution in [3.8, 4) is 0 Å². The highest BCUT2D eigenvalue weighted by Gasteiger charge is 2.25. The molecule has 1 unspecified atom stereocenters. The highest BCUT2D eigenvalue weighted by atomic mass is 35.5. The summed E-state index contributed by atoms with van der Waals surface area (Å²) in [5, 5.41) is 7.08. The number of rotatable bonds is 7. The molecule has 0 bridgehead atoms. The van der Waals surface area contributed by atoms with E-state index in [1.54, 1.807) is 36.4 Å². The minimum absolute atomic E-state index is 0.0874.